The zero-order chi connectivity index (χ0) is 15.0. The van der Waals surface area contributed by atoms with Crippen LogP contribution in [-0.2, 0) is 4.74 Å². The highest BCUT2D eigenvalue weighted by Gasteiger charge is 2.43. The Hall–Kier alpha value is -1.16. The number of nitrogens with zero attached hydrogens (tertiary/aromatic N) is 1. The highest BCUT2D eigenvalue weighted by atomic mass is 32.2. The van der Waals surface area contributed by atoms with Crippen LogP contribution in [0.5, 0.6) is 0 Å². The normalized spacial score (nSPS) is 17.6. The van der Waals surface area contributed by atoms with E-state index in [0.717, 1.165) is 13.1 Å². The van der Waals surface area contributed by atoms with E-state index in [4.69, 9.17) is 4.74 Å². The summed E-state index contributed by atoms with van der Waals surface area (Å²) in [5.41, 5.74) is 0.844. The number of aryl methyl sites for hydroxylation is 1. The van der Waals surface area contributed by atoms with Crippen molar-refractivity contribution in [2.75, 3.05) is 13.1 Å². The molecule has 4 heteroatoms. The van der Waals surface area contributed by atoms with E-state index in [2.05, 4.69) is 38.1 Å². The Morgan fingerprint density at radius 1 is 1.25 bits per heavy atom. The number of rotatable bonds is 2. The van der Waals surface area contributed by atoms with Gasteiger partial charge in [-0.2, -0.15) is 0 Å². The molecule has 0 bridgehead atoms. The summed E-state index contributed by atoms with van der Waals surface area (Å²) in [5.74, 6) is 0. The maximum atomic E-state index is 11.9. The molecule has 1 aromatic rings. The molecule has 110 valence electrons. The lowest BCUT2D eigenvalue weighted by Gasteiger charge is -2.47. The van der Waals surface area contributed by atoms with Gasteiger partial charge in [0.05, 0.1) is 4.75 Å². The highest BCUT2D eigenvalue weighted by molar-refractivity contribution is 8.00. The quantitative estimate of drug-likeness (QED) is 0.822. The first-order chi connectivity index (χ1) is 9.17. The molecule has 0 aromatic heterocycles. The predicted molar refractivity (Wildman–Crippen MR) is 83.2 cm³/mol. The number of benzene rings is 1. The molecule has 0 atom stereocenters. The van der Waals surface area contributed by atoms with Crippen LogP contribution in [0.2, 0.25) is 0 Å². The minimum atomic E-state index is -0.423. The molecular weight excluding hydrogens is 270 g/mol. The van der Waals surface area contributed by atoms with Crippen molar-refractivity contribution in [2.45, 2.75) is 49.9 Å². The van der Waals surface area contributed by atoms with Crippen LogP contribution < -0.4 is 0 Å². The number of amides is 1. The lowest BCUT2D eigenvalue weighted by molar-refractivity contribution is 0.00643. The standard InChI is InChI=1S/C16H23NO2S/c1-12-6-8-13(9-7-12)20-16(5)10-17(11-16)14(18)19-15(2,3)4/h6-9H,10-11H2,1-5H3. The Balaban J connectivity index is 1.87. The number of hydrogen-bond donors (Lipinski definition) is 0. The average Bonchev–Trinajstić information content (AvgIpc) is 2.26. The second-order valence-corrected chi connectivity index (χ2v) is 8.36. The molecule has 0 aliphatic carbocycles. The Bertz CT molecular complexity index is 484. The molecule has 0 radical (unpaired) electrons. The fourth-order valence-corrected chi connectivity index (χ4v) is 3.45. The maximum Gasteiger partial charge on any atom is 0.410 e. The third-order valence-corrected chi connectivity index (χ3v) is 4.35. The number of thioether (sulfide) groups is 1. The molecule has 0 saturated carbocycles. The summed E-state index contributed by atoms with van der Waals surface area (Å²) < 4.78 is 5.47. The largest absolute Gasteiger partial charge is 0.444 e. The Morgan fingerprint density at radius 3 is 2.30 bits per heavy atom. The molecule has 0 N–H and O–H groups in total. The van der Waals surface area contributed by atoms with E-state index in [9.17, 15) is 4.79 Å². The molecule has 0 spiro atoms. The minimum Gasteiger partial charge on any atom is -0.444 e. The summed E-state index contributed by atoms with van der Waals surface area (Å²) in [4.78, 5) is 14.9. The van der Waals surface area contributed by atoms with Gasteiger partial charge in [0.1, 0.15) is 5.60 Å². The van der Waals surface area contributed by atoms with Crippen molar-refractivity contribution >= 4 is 17.9 Å². The van der Waals surface area contributed by atoms with Gasteiger partial charge in [-0.05, 0) is 46.8 Å². The lowest BCUT2D eigenvalue weighted by Crippen LogP contribution is -2.60. The van der Waals surface area contributed by atoms with Gasteiger partial charge in [-0.25, -0.2) is 4.79 Å². The molecule has 1 aromatic carbocycles. The number of carbonyl (C=O) groups is 1. The predicted octanol–water partition coefficient (Wildman–Crippen LogP) is 4.10. The van der Waals surface area contributed by atoms with Crippen LogP contribution in [-0.4, -0.2) is 34.4 Å². The van der Waals surface area contributed by atoms with Gasteiger partial charge in [0.15, 0.2) is 0 Å². The van der Waals surface area contributed by atoms with Crippen LogP contribution in [0.15, 0.2) is 29.2 Å². The average molecular weight is 293 g/mol. The monoisotopic (exact) mass is 293 g/mol. The van der Waals surface area contributed by atoms with Crippen LogP contribution in [0.25, 0.3) is 0 Å². The molecule has 1 fully saturated rings. The second kappa shape index (κ2) is 5.32. The lowest BCUT2D eigenvalue weighted by atomic mass is 10.0. The van der Waals surface area contributed by atoms with Crippen molar-refractivity contribution in [3.05, 3.63) is 29.8 Å². The van der Waals surface area contributed by atoms with E-state index in [1.807, 2.05) is 32.5 Å². The van der Waals surface area contributed by atoms with Gasteiger partial charge in [0.25, 0.3) is 0 Å². The van der Waals surface area contributed by atoms with Crippen molar-refractivity contribution in [3.8, 4) is 0 Å². The second-order valence-electron chi connectivity index (χ2n) is 6.70. The van der Waals surface area contributed by atoms with Crippen molar-refractivity contribution in [1.82, 2.24) is 4.90 Å². The summed E-state index contributed by atoms with van der Waals surface area (Å²) in [7, 11) is 0. The Labute approximate surface area is 125 Å². The number of carbonyl (C=O) groups excluding carboxylic acids is 1. The molecule has 20 heavy (non-hydrogen) atoms. The SMILES string of the molecule is Cc1ccc(SC2(C)CN(C(=O)OC(C)(C)C)C2)cc1. The van der Waals surface area contributed by atoms with E-state index in [-0.39, 0.29) is 10.8 Å². The Morgan fingerprint density at radius 2 is 1.80 bits per heavy atom. The van der Waals surface area contributed by atoms with Crippen LogP contribution in [0.1, 0.15) is 33.3 Å². The molecule has 1 aliphatic heterocycles. The van der Waals surface area contributed by atoms with E-state index in [1.54, 1.807) is 4.90 Å². The third-order valence-electron chi connectivity index (χ3n) is 3.09. The molecule has 0 unspecified atom stereocenters. The first-order valence-electron chi connectivity index (χ1n) is 6.91. The van der Waals surface area contributed by atoms with E-state index in [0.29, 0.717) is 0 Å². The summed E-state index contributed by atoms with van der Waals surface area (Å²) >= 11 is 1.83. The summed E-state index contributed by atoms with van der Waals surface area (Å²) in [6.07, 6.45) is -0.209. The van der Waals surface area contributed by atoms with Crippen molar-refractivity contribution in [3.63, 3.8) is 0 Å². The zero-order valence-corrected chi connectivity index (χ0v) is 13.7. The van der Waals surface area contributed by atoms with Gasteiger partial charge in [0, 0.05) is 18.0 Å². The van der Waals surface area contributed by atoms with Crippen LogP contribution in [0, 0.1) is 6.92 Å². The summed E-state index contributed by atoms with van der Waals surface area (Å²) in [5, 5.41) is 0. The summed E-state index contributed by atoms with van der Waals surface area (Å²) in [6.45, 7) is 11.4. The van der Waals surface area contributed by atoms with Gasteiger partial charge in [0.2, 0.25) is 0 Å². The Kier molecular flexibility index (Phi) is 4.05. The summed E-state index contributed by atoms with van der Waals surface area (Å²) in [6, 6.07) is 8.52. The zero-order valence-electron chi connectivity index (χ0n) is 12.9. The molecule has 2 rings (SSSR count). The fourth-order valence-electron chi connectivity index (χ4n) is 2.17. The molecular formula is C16H23NO2S. The van der Waals surface area contributed by atoms with Crippen LogP contribution >= 0.6 is 11.8 Å². The number of likely N-dealkylation sites (tertiary alicyclic amines) is 1. The van der Waals surface area contributed by atoms with Gasteiger partial charge in [-0.15, -0.1) is 11.8 Å². The molecule has 1 aliphatic rings. The molecule has 1 saturated heterocycles. The molecule has 3 nitrogen and oxygen atoms in total. The molecule has 1 heterocycles. The van der Waals surface area contributed by atoms with E-state index >= 15 is 0 Å². The van der Waals surface area contributed by atoms with Gasteiger partial charge in [-0.3, -0.25) is 0 Å². The highest BCUT2D eigenvalue weighted by Crippen LogP contribution is 2.40. The molecule has 1 amide bonds. The van der Waals surface area contributed by atoms with Crippen molar-refractivity contribution in [2.24, 2.45) is 0 Å². The van der Waals surface area contributed by atoms with E-state index < -0.39 is 5.60 Å². The smallest absolute Gasteiger partial charge is 0.410 e. The fraction of sp³-hybridized carbons (Fsp3) is 0.562. The van der Waals surface area contributed by atoms with Gasteiger partial charge in [-0.1, -0.05) is 17.7 Å². The number of ether oxygens (including phenoxy) is 1. The van der Waals surface area contributed by atoms with Gasteiger partial charge < -0.3 is 9.64 Å². The minimum absolute atomic E-state index is 0.0894. The van der Waals surface area contributed by atoms with Crippen LogP contribution in [0.4, 0.5) is 4.79 Å². The third kappa shape index (κ3) is 3.92. The van der Waals surface area contributed by atoms with Crippen molar-refractivity contribution in [1.29, 1.82) is 0 Å². The number of hydrogen-bond acceptors (Lipinski definition) is 3. The van der Waals surface area contributed by atoms with E-state index in [1.165, 1.54) is 10.5 Å². The van der Waals surface area contributed by atoms with Crippen molar-refractivity contribution < 1.29 is 9.53 Å². The first-order valence-corrected chi connectivity index (χ1v) is 7.72. The first kappa shape index (κ1) is 15.2. The maximum absolute atomic E-state index is 11.9. The van der Waals surface area contributed by atoms with Crippen LogP contribution in [0.3, 0.4) is 0 Å². The van der Waals surface area contributed by atoms with Gasteiger partial charge >= 0.3 is 6.09 Å². The topological polar surface area (TPSA) is 29.5 Å².